The van der Waals surface area contributed by atoms with Crippen molar-refractivity contribution >= 4 is 17.5 Å². The molecular formula is C27H27F3N6O3. The van der Waals surface area contributed by atoms with E-state index in [9.17, 15) is 23.1 Å². The van der Waals surface area contributed by atoms with Crippen LogP contribution in [0.2, 0.25) is 0 Å². The van der Waals surface area contributed by atoms with Crippen LogP contribution < -0.4 is 21.1 Å². The van der Waals surface area contributed by atoms with Crippen molar-refractivity contribution in [2.24, 2.45) is 11.1 Å². The lowest BCUT2D eigenvalue weighted by Crippen LogP contribution is -2.22. The van der Waals surface area contributed by atoms with Crippen molar-refractivity contribution in [2.75, 3.05) is 10.6 Å². The molecule has 0 aliphatic carbocycles. The van der Waals surface area contributed by atoms with Gasteiger partial charge in [0.05, 0.1) is 22.8 Å². The standard InChI is InChI=1S/C27H27F3N6O3/c1-27(2,3)14-17-11-24(36(35-17)18-9-15(28)8-16(29)10-18)34-26(38)33-22-5-4-19(12-21(22)30)39-20-6-7-32-23(13-20)25(31)37/h4-13,25,37H,14,31H2,1-3H3,(H2,33,34,38). The summed E-state index contributed by atoms with van der Waals surface area (Å²) in [5.41, 5.74) is 5.92. The Morgan fingerprint density at radius 3 is 2.36 bits per heavy atom. The Kier molecular flexibility index (Phi) is 7.88. The lowest BCUT2D eigenvalue weighted by atomic mass is 9.91. The highest BCUT2D eigenvalue weighted by molar-refractivity contribution is 5.99. The first-order chi connectivity index (χ1) is 18.4. The van der Waals surface area contributed by atoms with Crippen LogP contribution in [0.4, 0.5) is 29.5 Å². The van der Waals surface area contributed by atoms with Crippen LogP contribution in [-0.2, 0) is 6.42 Å². The van der Waals surface area contributed by atoms with E-state index in [4.69, 9.17) is 10.5 Å². The van der Waals surface area contributed by atoms with Gasteiger partial charge in [-0.25, -0.2) is 22.6 Å². The van der Waals surface area contributed by atoms with Crippen LogP contribution >= 0.6 is 0 Å². The van der Waals surface area contributed by atoms with E-state index in [2.05, 4.69) is 20.7 Å². The molecule has 2 aromatic heterocycles. The molecule has 0 radical (unpaired) electrons. The third-order valence-electron chi connectivity index (χ3n) is 5.28. The summed E-state index contributed by atoms with van der Waals surface area (Å²) < 4.78 is 49.4. The van der Waals surface area contributed by atoms with E-state index < -0.39 is 29.7 Å². The molecule has 0 aliphatic rings. The van der Waals surface area contributed by atoms with Crippen molar-refractivity contribution in [3.05, 3.63) is 89.6 Å². The number of carbonyl (C=O) groups excluding carboxylic acids is 1. The first kappa shape index (κ1) is 27.6. The van der Waals surface area contributed by atoms with Gasteiger partial charge in [0.15, 0.2) is 0 Å². The smallest absolute Gasteiger partial charge is 0.324 e. The summed E-state index contributed by atoms with van der Waals surface area (Å²) in [6.45, 7) is 6.00. The molecule has 9 nitrogen and oxygen atoms in total. The predicted octanol–water partition coefficient (Wildman–Crippen LogP) is 5.66. The van der Waals surface area contributed by atoms with E-state index in [-0.39, 0.29) is 39.8 Å². The van der Waals surface area contributed by atoms with Crippen molar-refractivity contribution in [2.45, 2.75) is 33.4 Å². The first-order valence-electron chi connectivity index (χ1n) is 11.9. The molecule has 5 N–H and O–H groups in total. The van der Waals surface area contributed by atoms with Gasteiger partial charge in [-0.05, 0) is 42.2 Å². The quantitative estimate of drug-likeness (QED) is 0.224. The minimum atomic E-state index is -1.30. The topological polar surface area (TPSA) is 127 Å². The number of nitrogens with zero attached hydrogens (tertiary/aromatic N) is 3. The zero-order chi connectivity index (χ0) is 28.3. The van der Waals surface area contributed by atoms with Gasteiger partial charge in [0.25, 0.3) is 0 Å². The molecule has 12 heteroatoms. The third-order valence-corrected chi connectivity index (χ3v) is 5.28. The van der Waals surface area contributed by atoms with Gasteiger partial charge in [-0.15, -0.1) is 0 Å². The monoisotopic (exact) mass is 540 g/mol. The SMILES string of the molecule is CC(C)(C)Cc1cc(NC(=O)Nc2ccc(Oc3ccnc(C(N)O)c3)cc2F)n(-c2cc(F)cc(F)c2)n1. The maximum atomic E-state index is 14.8. The molecule has 0 fully saturated rings. The average molecular weight is 541 g/mol. The number of hydrogen-bond donors (Lipinski definition) is 4. The number of nitrogens with two attached hydrogens (primary N) is 1. The Labute approximate surface area is 222 Å². The zero-order valence-corrected chi connectivity index (χ0v) is 21.4. The Morgan fingerprint density at radius 2 is 1.72 bits per heavy atom. The predicted molar refractivity (Wildman–Crippen MR) is 139 cm³/mol. The number of rotatable bonds is 7. The number of anilines is 2. The zero-order valence-electron chi connectivity index (χ0n) is 21.4. The van der Waals surface area contributed by atoms with Crippen LogP contribution in [0.1, 0.15) is 38.4 Å². The number of aliphatic hydroxyl groups excluding tert-OH is 1. The van der Waals surface area contributed by atoms with Crippen molar-refractivity contribution in [1.82, 2.24) is 14.8 Å². The summed E-state index contributed by atoms with van der Waals surface area (Å²) in [5.74, 6) is -1.87. The van der Waals surface area contributed by atoms with E-state index in [1.165, 1.54) is 35.1 Å². The number of urea groups is 1. The fraction of sp³-hybridized carbons (Fsp3) is 0.222. The Hall–Kier alpha value is -4.42. The summed E-state index contributed by atoms with van der Waals surface area (Å²) in [6, 6.07) is 10.4. The van der Waals surface area contributed by atoms with Gasteiger partial charge < -0.3 is 20.9 Å². The summed E-state index contributed by atoms with van der Waals surface area (Å²) >= 11 is 0. The van der Waals surface area contributed by atoms with Crippen LogP contribution in [0.15, 0.2) is 60.8 Å². The van der Waals surface area contributed by atoms with E-state index in [0.717, 1.165) is 24.3 Å². The second kappa shape index (κ2) is 11.1. The van der Waals surface area contributed by atoms with E-state index in [1.807, 2.05) is 20.8 Å². The Balaban J connectivity index is 1.52. The lowest BCUT2D eigenvalue weighted by molar-refractivity contribution is 0.181. The number of aromatic nitrogens is 3. The number of ether oxygens (including phenoxy) is 1. The molecule has 2 amide bonds. The van der Waals surface area contributed by atoms with Gasteiger partial charge in [0, 0.05) is 30.5 Å². The molecule has 0 bridgehead atoms. The van der Waals surface area contributed by atoms with E-state index in [0.29, 0.717) is 12.1 Å². The molecule has 4 aromatic rings. The van der Waals surface area contributed by atoms with Crippen LogP contribution in [-0.4, -0.2) is 25.9 Å². The van der Waals surface area contributed by atoms with Crippen LogP contribution in [0.3, 0.4) is 0 Å². The highest BCUT2D eigenvalue weighted by Crippen LogP contribution is 2.28. The van der Waals surface area contributed by atoms with E-state index in [1.54, 1.807) is 6.07 Å². The summed E-state index contributed by atoms with van der Waals surface area (Å²) in [6.07, 6.45) is 0.608. The van der Waals surface area contributed by atoms with Crippen LogP contribution in [0.25, 0.3) is 5.69 Å². The Morgan fingerprint density at radius 1 is 1.03 bits per heavy atom. The number of halogens is 3. The van der Waals surface area contributed by atoms with Gasteiger partial charge in [0.1, 0.15) is 41.0 Å². The number of pyridine rings is 1. The van der Waals surface area contributed by atoms with Gasteiger partial charge in [0.2, 0.25) is 0 Å². The molecule has 0 spiro atoms. The fourth-order valence-corrected chi connectivity index (χ4v) is 3.73. The normalized spacial score (nSPS) is 12.2. The lowest BCUT2D eigenvalue weighted by Gasteiger charge is -2.15. The van der Waals surface area contributed by atoms with E-state index >= 15 is 0 Å². The van der Waals surface area contributed by atoms with Crippen molar-refractivity contribution in [3.63, 3.8) is 0 Å². The number of nitrogens with one attached hydrogen (secondary N) is 2. The fourth-order valence-electron chi connectivity index (χ4n) is 3.73. The first-order valence-corrected chi connectivity index (χ1v) is 11.9. The maximum absolute atomic E-state index is 14.8. The largest absolute Gasteiger partial charge is 0.457 e. The molecule has 2 aromatic carbocycles. The van der Waals surface area contributed by atoms with Gasteiger partial charge in [-0.1, -0.05) is 20.8 Å². The molecule has 1 atom stereocenters. The Bertz CT molecular complexity index is 1480. The third kappa shape index (κ3) is 7.33. The minimum Gasteiger partial charge on any atom is -0.457 e. The summed E-state index contributed by atoms with van der Waals surface area (Å²) in [4.78, 5) is 16.7. The average Bonchev–Trinajstić information content (AvgIpc) is 3.20. The van der Waals surface area contributed by atoms with Crippen LogP contribution in [0.5, 0.6) is 11.5 Å². The van der Waals surface area contributed by atoms with Gasteiger partial charge in [-0.3, -0.25) is 10.3 Å². The molecule has 0 aliphatic heterocycles. The minimum absolute atomic E-state index is 0.0667. The number of amides is 2. The molecule has 2 heterocycles. The molecule has 1 unspecified atom stereocenters. The maximum Gasteiger partial charge on any atom is 0.324 e. The molecule has 0 saturated heterocycles. The van der Waals surface area contributed by atoms with Gasteiger partial charge >= 0.3 is 6.03 Å². The summed E-state index contributed by atoms with van der Waals surface area (Å²) in [7, 11) is 0. The number of aliphatic hydroxyl groups is 1. The second-order valence-corrected chi connectivity index (χ2v) is 9.98. The second-order valence-electron chi connectivity index (χ2n) is 9.98. The molecule has 0 saturated carbocycles. The van der Waals surface area contributed by atoms with Crippen molar-refractivity contribution in [3.8, 4) is 17.2 Å². The number of carbonyl (C=O) groups is 1. The number of benzene rings is 2. The molecular weight excluding hydrogens is 513 g/mol. The summed E-state index contributed by atoms with van der Waals surface area (Å²) in [5, 5.41) is 18.8. The van der Waals surface area contributed by atoms with Crippen LogP contribution in [0, 0.1) is 22.9 Å². The van der Waals surface area contributed by atoms with Crippen molar-refractivity contribution in [1.29, 1.82) is 0 Å². The molecule has 4 rings (SSSR count). The number of hydrogen-bond acceptors (Lipinski definition) is 6. The highest BCUT2D eigenvalue weighted by atomic mass is 19.1. The molecule has 204 valence electrons. The van der Waals surface area contributed by atoms with Gasteiger partial charge in [-0.2, -0.15) is 5.10 Å². The van der Waals surface area contributed by atoms with Crippen molar-refractivity contribution < 1.29 is 27.8 Å². The highest BCUT2D eigenvalue weighted by Gasteiger charge is 2.19. The molecule has 39 heavy (non-hydrogen) atoms.